The lowest BCUT2D eigenvalue weighted by atomic mass is 10.2. The Morgan fingerprint density at radius 3 is 2.59 bits per heavy atom. The van der Waals surface area contributed by atoms with Crippen LogP contribution in [0.2, 0.25) is 0 Å². The zero-order chi connectivity index (χ0) is 20.2. The van der Waals surface area contributed by atoms with Crippen LogP contribution in [0.25, 0.3) is 11.5 Å². The van der Waals surface area contributed by atoms with Gasteiger partial charge in [0, 0.05) is 23.9 Å². The first-order chi connectivity index (χ1) is 14.2. The number of aromatic nitrogens is 3. The number of ether oxygens (including phenoxy) is 2. The maximum absolute atomic E-state index is 5.77. The van der Waals surface area contributed by atoms with E-state index in [1.165, 1.54) is 10.6 Å². The number of nitrogens with one attached hydrogen (secondary N) is 2. The molecule has 9 heteroatoms. The van der Waals surface area contributed by atoms with Crippen LogP contribution in [0.5, 0.6) is 11.5 Å². The standard InChI is InChI=1S/C20H23N5O3S/c1-26-16-3-4-17(18(13-16)27-2)19-22-25(20(29)28-19)14-23-9-11-24(12-10-23)15-5-7-21-8-6-15/h3-8,13H,9-12,14H2,1-2H3/p+2. The van der Waals surface area contributed by atoms with E-state index in [2.05, 4.69) is 27.1 Å². The molecule has 3 aromatic rings. The van der Waals surface area contributed by atoms with Crippen molar-refractivity contribution in [1.29, 1.82) is 0 Å². The molecular formula is C20H25N5O3S+2. The van der Waals surface area contributed by atoms with Gasteiger partial charge in [-0.05, 0) is 24.4 Å². The second-order valence-electron chi connectivity index (χ2n) is 6.89. The van der Waals surface area contributed by atoms with Crippen LogP contribution < -0.4 is 24.3 Å². The number of pyridine rings is 1. The molecule has 0 amide bonds. The molecule has 1 saturated heterocycles. The Kier molecular flexibility index (Phi) is 5.77. The molecule has 3 heterocycles. The van der Waals surface area contributed by atoms with Gasteiger partial charge in [0.2, 0.25) is 0 Å². The van der Waals surface area contributed by atoms with E-state index in [4.69, 9.17) is 26.1 Å². The average Bonchev–Trinajstić information content (AvgIpc) is 3.14. The fourth-order valence-electron chi connectivity index (χ4n) is 3.53. The van der Waals surface area contributed by atoms with Crippen molar-refractivity contribution in [2.75, 3.05) is 45.3 Å². The molecule has 0 aliphatic carbocycles. The van der Waals surface area contributed by atoms with Gasteiger partial charge in [-0.25, -0.2) is 4.98 Å². The molecule has 1 aliphatic rings. The van der Waals surface area contributed by atoms with Crippen molar-refractivity contribution in [3.63, 3.8) is 0 Å². The van der Waals surface area contributed by atoms with Gasteiger partial charge in [-0.3, -0.25) is 0 Å². The molecule has 152 valence electrons. The summed E-state index contributed by atoms with van der Waals surface area (Å²) in [7, 11) is 3.23. The van der Waals surface area contributed by atoms with Crippen molar-refractivity contribution in [2.24, 2.45) is 0 Å². The molecule has 8 nitrogen and oxygen atoms in total. The zero-order valence-corrected chi connectivity index (χ0v) is 17.4. The number of hydrogen-bond acceptors (Lipinski definition) is 6. The van der Waals surface area contributed by atoms with Crippen molar-refractivity contribution in [1.82, 2.24) is 9.78 Å². The summed E-state index contributed by atoms with van der Waals surface area (Å²) in [6.45, 7) is 4.67. The minimum atomic E-state index is 0.367. The van der Waals surface area contributed by atoms with E-state index < -0.39 is 0 Å². The summed E-state index contributed by atoms with van der Waals surface area (Å²) >= 11 is 5.41. The molecule has 0 saturated carbocycles. The van der Waals surface area contributed by atoms with E-state index in [9.17, 15) is 0 Å². The number of quaternary nitrogens is 1. The summed E-state index contributed by atoms with van der Waals surface area (Å²) < 4.78 is 18.2. The molecule has 2 aromatic heterocycles. The lowest BCUT2D eigenvalue weighted by molar-refractivity contribution is -0.924. The minimum Gasteiger partial charge on any atom is -0.497 e. The molecule has 29 heavy (non-hydrogen) atoms. The van der Waals surface area contributed by atoms with Crippen LogP contribution >= 0.6 is 12.2 Å². The van der Waals surface area contributed by atoms with E-state index in [1.54, 1.807) is 25.0 Å². The van der Waals surface area contributed by atoms with Crippen LogP contribution in [0, 0.1) is 4.84 Å². The molecule has 1 aromatic carbocycles. The predicted molar refractivity (Wildman–Crippen MR) is 110 cm³/mol. The molecule has 1 aliphatic heterocycles. The third-order valence-corrected chi connectivity index (χ3v) is 5.45. The van der Waals surface area contributed by atoms with Crippen LogP contribution in [-0.4, -0.2) is 50.2 Å². The summed E-state index contributed by atoms with van der Waals surface area (Å²) in [6.07, 6.45) is 3.91. The van der Waals surface area contributed by atoms with Gasteiger partial charge in [0.15, 0.2) is 19.1 Å². The molecule has 0 bridgehead atoms. The Labute approximate surface area is 174 Å². The number of methoxy groups -OCH3 is 2. The third kappa shape index (κ3) is 4.25. The molecule has 2 N–H and O–H groups in total. The predicted octanol–water partition coefficient (Wildman–Crippen LogP) is 1.07. The van der Waals surface area contributed by atoms with Gasteiger partial charge in [-0.2, -0.15) is 4.68 Å². The minimum absolute atomic E-state index is 0.367. The van der Waals surface area contributed by atoms with E-state index in [0.717, 1.165) is 31.7 Å². The van der Waals surface area contributed by atoms with Gasteiger partial charge in [-0.1, -0.05) is 0 Å². The second-order valence-corrected chi connectivity index (χ2v) is 7.24. The fourth-order valence-corrected chi connectivity index (χ4v) is 3.71. The quantitative estimate of drug-likeness (QED) is 0.608. The van der Waals surface area contributed by atoms with Gasteiger partial charge in [0.05, 0.1) is 46.0 Å². The molecule has 0 radical (unpaired) electrons. The van der Waals surface area contributed by atoms with Gasteiger partial charge >= 0.3 is 0 Å². The smallest absolute Gasteiger partial charge is 0.292 e. The first-order valence-electron chi connectivity index (χ1n) is 9.53. The SMILES string of the molecule is COc1ccc(-c2nn(C[NH+]3CCN(c4cc[nH+]cc4)CC3)c(=S)o2)c(OC)c1. The Hall–Kier alpha value is -2.91. The summed E-state index contributed by atoms with van der Waals surface area (Å²) in [4.78, 5) is 7.25. The highest BCUT2D eigenvalue weighted by molar-refractivity contribution is 7.71. The Morgan fingerprint density at radius 2 is 1.90 bits per heavy atom. The van der Waals surface area contributed by atoms with Crippen molar-refractivity contribution < 1.29 is 23.8 Å². The van der Waals surface area contributed by atoms with Crippen LogP contribution in [0.3, 0.4) is 0 Å². The normalized spacial score (nSPS) is 14.8. The van der Waals surface area contributed by atoms with Crippen LogP contribution in [0.1, 0.15) is 0 Å². The zero-order valence-electron chi connectivity index (χ0n) is 16.6. The number of piperazine rings is 1. The summed E-state index contributed by atoms with van der Waals surface area (Å²) in [5.74, 6) is 1.80. The largest absolute Gasteiger partial charge is 0.497 e. The number of benzene rings is 1. The Morgan fingerprint density at radius 1 is 1.14 bits per heavy atom. The molecule has 1 fully saturated rings. The van der Waals surface area contributed by atoms with E-state index in [0.29, 0.717) is 28.9 Å². The van der Waals surface area contributed by atoms with Crippen molar-refractivity contribution >= 4 is 17.9 Å². The Balaban J connectivity index is 1.45. The van der Waals surface area contributed by atoms with Gasteiger partial charge in [0.25, 0.3) is 10.7 Å². The summed E-state index contributed by atoms with van der Waals surface area (Å²) in [5, 5.41) is 4.60. The fraction of sp³-hybridized carbons (Fsp3) is 0.350. The van der Waals surface area contributed by atoms with E-state index in [-0.39, 0.29) is 0 Å². The first kappa shape index (κ1) is 19.4. The van der Waals surface area contributed by atoms with Crippen LogP contribution in [-0.2, 0) is 6.67 Å². The van der Waals surface area contributed by atoms with E-state index in [1.807, 2.05) is 24.5 Å². The number of aromatic amines is 1. The van der Waals surface area contributed by atoms with Gasteiger partial charge in [-0.15, -0.1) is 5.10 Å². The topological polar surface area (TPSA) is 71.2 Å². The van der Waals surface area contributed by atoms with Crippen LogP contribution in [0.4, 0.5) is 5.69 Å². The third-order valence-electron chi connectivity index (χ3n) is 5.16. The average molecular weight is 416 g/mol. The molecule has 4 rings (SSSR count). The Bertz CT molecular complexity index is 1010. The van der Waals surface area contributed by atoms with E-state index >= 15 is 0 Å². The highest BCUT2D eigenvalue weighted by atomic mass is 32.1. The summed E-state index contributed by atoms with van der Waals surface area (Å²) in [6, 6.07) is 9.73. The number of anilines is 1. The lowest BCUT2D eigenvalue weighted by Crippen LogP contribution is -3.14. The van der Waals surface area contributed by atoms with Crippen molar-refractivity contribution in [3.8, 4) is 23.0 Å². The highest BCUT2D eigenvalue weighted by Gasteiger charge is 2.22. The van der Waals surface area contributed by atoms with Crippen LogP contribution in [0.15, 0.2) is 47.1 Å². The molecule has 0 spiro atoms. The van der Waals surface area contributed by atoms with Crippen molar-refractivity contribution in [2.45, 2.75) is 6.67 Å². The monoisotopic (exact) mass is 415 g/mol. The second kappa shape index (κ2) is 8.62. The first-order valence-corrected chi connectivity index (χ1v) is 9.93. The van der Waals surface area contributed by atoms with Gasteiger partial charge < -0.3 is 23.7 Å². The van der Waals surface area contributed by atoms with Gasteiger partial charge in [0.1, 0.15) is 11.5 Å². The number of hydrogen-bond donors (Lipinski definition) is 1. The number of nitrogens with zero attached hydrogens (tertiary/aromatic N) is 3. The maximum Gasteiger partial charge on any atom is 0.292 e. The molecule has 0 atom stereocenters. The summed E-state index contributed by atoms with van der Waals surface area (Å²) in [5.41, 5.74) is 1.99. The van der Waals surface area contributed by atoms with Crippen molar-refractivity contribution in [3.05, 3.63) is 47.6 Å². The lowest BCUT2D eigenvalue weighted by Gasteiger charge is -2.32. The highest BCUT2D eigenvalue weighted by Crippen LogP contribution is 2.32. The maximum atomic E-state index is 5.77. The number of H-pyrrole nitrogens is 1. The molecular weight excluding hydrogens is 390 g/mol. The molecule has 0 unspecified atom stereocenters. The number of rotatable bonds is 6.